The molecule has 2 heteroatoms. The summed E-state index contributed by atoms with van der Waals surface area (Å²) in [6, 6.07) is 0. The molecule has 0 saturated carbocycles. The molecule has 0 aliphatic heterocycles. The number of allylic oxidation sites excluding steroid dienone is 1. The van der Waals surface area contributed by atoms with Crippen molar-refractivity contribution < 1.29 is 0 Å². The van der Waals surface area contributed by atoms with Crippen molar-refractivity contribution in [2.75, 3.05) is 7.05 Å². The smallest absolute Gasteiger partial charge is 0.0311 e. The fourth-order valence-corrected chi connectivity index (χ4v) is 0.946. The van der Waals surface area contributed by atoms with Gasteiger partial charge in [0.2, 0.25) is 0 Å². The fourth-order valence-electron chi connectivity index (χ4n) is 0.946. The Balaban J connectivity index is 4.22. The van der Waals surface area contributed by atoms with Crippen molar-refractivity contribution in [1.29, 1.82) is 0 Å². The standard InChI is InChI=1S/C10H18N2/c1-5-12-8-10(7-11-4)6-9(2)3/h5,7-9H,6H2,1-4H3/b10-8-,11-7-,12-5-. The molecular formula is C10H18N2. The van der Waals surface area contributed by atoms with Crippen LogP contribution in [0, 0.1) is 5.92 Å². The van der Waals surface area contributed by atoms with E-state index in [2.05, 4.69) is 23.8 Å². The van der Waals surface area contributed by atoms with Crippen molar-refractivity contribution in [1.82, 2.24) is 0 Å². The normalized spacial score (nSPS) is 13.9. The molecule has 0 heterocycles. The lowest BCUT2D eigenvalue weighted by atomic mass is 10.1. The average molecular weight is 166 g/mol. The molecule has 0 aromatic carbocycles. The minimum absolute atomic E-state index is 0.654. The van der Waals surface area contributed by atoms with Crippen LogP contribution in [0.5, 0.6) is 0 Å². The largest absolute Gasteiger partial charge is 0.296 e. The summed E-state index contributed by atoms with van der Waals surface area (Å²) in [7, 11) is 1.78. The molecule has 68 valence electrons. The maximum absolute atomic E-state index is 4.07. The van der Waals surface area contributed by atoms with E-state index in [1.54, 1.807) is 13.3 Å². The monoisotopic (exact) mass is 166 g/mol. The van der Waals surface area contributed by atoms with Crippen LogP contribution in [0.15, 0.2) is 21.8 Å². The van der Waals surface area contributed by atoms with Gasteiger partial charge in [0.25, 0.3) is 0 Å². The maximum atomic E-state index is 4.07. The van der Waals surface area contributed by atoms with Gasteiger partial charge in [0, 0.05) is 25.7 Å². The molecule has 0 fully saturated rings. The highest BCUT2D eigenvalue weighted by atomic mass is 14.7. The molecule has 0 aromatic heterocycles. The molecule has 0 saturated heterocycles. The molecule has 0 radical (unpaired) electrons. The lowest BCUT2D eigenvalue weighted by Crippen LogP contribution is -1.92. The van der Waals surface area contributed by atoms with Gasteiger partial charge in [-0.1, -0.05) is 13.8 Å². The van der Waals surface area contributed by atoms with E-state index in [1.165, 1.54) is 5.57 Å². The second-order valence-electron chi connectivity index (χ2n) is 3.10. The lowest BCUT2D eigenvalue weighted by molar-refractivity contribution is 0.654. The molecule has 0 amide bonds. The molecule has 0 atom stereocenters. The van der Waals surface area contributed by atoms with Gasteiger partial charge in [0.1, 0.15) is 0 Å². The van der Waals surface area contributed by atoms with Crippen molar-refractivity contribution in [3.63, 3.8) is 0 Å². The summed E-state index contributed by atoms with van der Waals surface area (Å²) in [6.07, 6.45) is 6.55. The molecule has 0 bridgehead atoms. The Morgan fingerprint density at radius 2 is 2.08 bits per heavy atom. The van der Waals surface area contributed by atoms with Gasteiger partial charge >= 0.3 is 0 Å². The Bertz CT molecular complexity index is 188. The molecule has 0 aromatic rings. The van der Waals surface area contributed by atoms with Crippen molar-refractivity contribution in [3.05, 3.63) is 11.8 Å². The summed E-state index contributed by atoms with van der Waals surface area (Å²) in [4.78, 5) is 8.04. The van der Waals surface area contributed by atoms with Gasteiger partial charge in [-0.15, -0.1) is 0 Å². The summed E-state index contributed by atoms with van der Waals surface area (Å²) >= 11 is 0. The van der Waals surface area contributed by atoms with Crippen LogP contribution in [0.25, 0.3) is 0 Å². The summed E-state index contributed by atoms with van der Waals surface area (Å²) < 4.78 is 0. The highest BCUT2D eigenvalue weighted by Crippen LogP contribution is 2.08. The zero-order valence-electron chi connectivity index (χ0n) is 8.41. The van der Waals surface area contributed by atoms with Gasteiger partial charge in [-0.05, 0) is 24.8 Å². The van der Waals surface area contributed by atoms with Crippen LogP contribution in [0.3, 0.4) is 0 Å². The van der Waals surface area contributed by atoms with Gasteiger partial charge in [0.15, 0.2) is 0 Å². The second kappa shape index (κ2) is 6.77. The van der Waals surface area contributed by atoms with E-state index in [0.29, 0.717) is 5.92 Å². The Morgan fingerprint density at radius 1 is 1.42 bits per heavy atom. The summed E-state index contributed by atoms with van der Waals surface area (Å²) in [5.74, 6) is 0.654. The molecule has 0 aliphatic carbocycles. The van der Waals surface area contributed by atoms with Crippen molar-refractivity contribution in [2.45, 2.75) is 27.2 Å². The highest BCUT2D eigenvalue weighted by molar-refractivity contribution is 5.78. The third kappa shape index (κ3) is 5.83. The van der Waals surface area contributed by atoms with Crippen LogP contribution in [-0.4, -0.2) is 19.5 Å². The predicted octanol–water partition coefficient (Wildman–Crippen LogP) is 2.71. The van der Waals surface area contributed by atoms with Crippen LogP contribution in [0.1, 0.15) is 27.2 Å². The molecule has 12 heavy (non-hydrogen) atoms. The van der Waals surface area contributed by atoms with E-state index in [0.717, 1.165) is 6.42 Å². The van der Waals surface area contributed by atoms with Crippen molar-refractivity contribution in [3.8, 4) is 0 Å². The predicted molar refractivity (Wildman–Crippen MR) is 56.1 cm³/mol. The summed E-state index contributed by atoms with van der Waals surface area (Å²) in [6.45, 7) is 6.28. The first-order valence-corrected chi connectivity index (χ1v) is 4.29. The third-order valence-corrected chi connectivity index (χ3v) is 1.33. The number of hydrogen-bond donors (Lipinski definition) is 0. The van der Waals surface area contributed by atoms with E-state index in [9.17, 15) is 0 Å². The van der Waals surface area contributed by atoms with Crippen molar-refractivity contribution in [2.24, 2.45) is 15.9 Å². The Hall–Kier alpha value is -0.920. The van der Waals surface area contributed by atoms with Crippen LogP contribution in [0.2, 0.25) is 0 Å². The molecule has 0 spiro atoms. The lowest BCUT2D eigenvalue weighted by Gasteiger charge is -2.02. The van der Waals surface area contributed by atoms with E-state index in [1.807, 2.05) is 19.3 Å². The SMILES string of the molecule is C\C=N/C=C(\C=N/C)CC(C)C. The van der Waals surface area contributed by atoms with Gasteiger partial charge in [-0.3, -0.25) is 9.98 Å². The molecule has 0 unspecified atom stereocenters. The third-order valence-electron chi connectivity index (χ3n) is 1.33. The average Bonchev–Trinajstić information content (AvgIpc) is 2.00. The maximum Gasteiger partial charge on any atom is 0.0311 e. The number of hydrogen-bond acceptors (Lipinski definition) is 2. The number of rotatable bonds is 4. The van der Waals surface area contributed by atoms with Gasteiger partial charge in [0.05, 0.1) is 0 Å². The summed E-state index contributed by atoms with van der Waals surface area (Å²) in [5.41, 5.74) is 1.19. The fraction of sp³-hybridized carbons (Fsp3) is 0.600. The van der Waals surface area contributed by atoms with E-state index < -0.39 is 0 Å². The molecule has 0 aliphatic rings. The quantitative estimate of drug-likeness (QED) is 0.574. The zero-order valence-corrected chi connectivity index (χ0v) is 8.41. The van der Waals surface area contributed by atoms with Crippen LogP contribution >= 0.6 is 0 Å². The Morgan fingerprint density at radius 3 is 2.50 bits per heavy atom. The highest BCUT2D eigenvalue weighted by Gasteiger charge is 1.96. The molecule has 2 nitrogen and oxygen atoms in total. The summed E-state index contributed by atoms with van der Waals surface area (Å²) in [5, 5.41) is 0. The van der Waals surface area contributed by atoms with Crippen LogP contribution in [-0.2, 0) is 0 Å². The zero-order chi connectivity index (χ0) is 9.40. The van der Waals surface area contributed by atoms with E-state index in [4.69, 9.17) is 0 Å². The topological polar surface area (TPSA) is 24.7 Å². The minimum Gasteiger partial charge on any atom is -0.296 e. The van der Waals surface area contributed by atoms with Gasteiger partial charge in [-0.25, -0.2) is 0 Å². The van der Waals surface area contributed by atoms with Crippen LogP contribution < -0.4 is 0 Å². The van der Waals surface area contributed by atoms with Gasteiger partial charge in [-0.2, -0.15) is 0 Å². The second-order valence-corrected chi connectivity index (χ2v) is 3.10. The van der Waals surface area contributed by atoms with E-state index >= 15 is 0 Å². The minimum atomic E-state index is 0.654. The Kier molecular flexibility index (Phi) is 6.25. The molecular weight excluding hydrogens is 148 g/mol. The molecule has 0 rings (SSSR count). The first-order chi connectivity index (χ1) is 5.70. The number of nitrogens with zero attached hydrogens (tertiary/aromatic N) is 2. The van der Waals surface area contributed by atoms with E-state index in [-0.39, 0.29) is 0 Å². The first kappa shape index (κ1) is 11.1. The first-order valence-electron chi connectivity index (χ1n) is 4.29. The number of aliphatic imine (C=N–C) groups is 2. The van der Waals surface area contributed by atoms with Crippen molar-refractivity contribution >= 4 is 12.4 Å². The van der Waals surface area contributed by atoms with Crippen LogP contribution in [0.4, 0.5) is 0 Å². The van der Waals surface area contributed by atoms with Gasteiger partial charge < -0.3 is 0 Å². The molecule has 0 N–H and O–H groups in total. The Labute approximate surface area is 75.1 Å².